The number of fused-ring (bicyclic) bond motifs is 1. The van der Waals surface area contributed by atoms with Crippen LogP contribution in [0.3, 0.4) is 0 Å². The van der Waals surface area contributed by atoms with E-state index >= 15 is 0 Å². The predicted molar refractivity (Wildman–Crippen MR) is 109 cm³/mol. The molecular formula is C21H24FN3O5. The van der Waals surface area contributed by atoms with Gasteiger partial charge in [-0.05, 0) is 25.0 Å². The molecule has 0 unspecified atom stereocenters. The Morgan fingerprint density at radius 1 is 1.20 bits per heavy atom. The Labute approximate surface area is 172 Å². The molecule has 1 aromatic carbocycles. The summed E-state index contributed by atoms with van der Waals surface area (Å²) in [6.45, 7) is 3.14. The van der Waals surface area contributed by atoms with Crippen molar-refractivity contribution in [3.05, 3.63) is 39.9 Å². The molecule has 1 saturated heterocycles. The van der Waals surface area contributed by atoms with Crippen molar-refractivity contribution in [3.8, 4) is 0 Å². The first-order chi connectivity index (χ1) is 14.4. The number of pyridine rings is 1. The first-order valence-electron chi connectivity index (χ1n) is 10.0. The van der Waals surface area contributed by atoms with Crippen LogP contribution >= 0.6 is 0 Å². The minimum Gasteiger partial charge on any atom is -0.477 e. The third kappa shape index (κ3) is 3.89. The Hall–Kier alpha value is -2.94. The van der Waals surface area contributed by atoms with Gasteiger partial charge in [-0.1, -0.05) is 0 Å². The van der Waals surface area contributed by atoms with Crippen molar-refractivity contribution in [2.45, 2.75) is 25.3 Å². The van der Waals surface area contributed by atoms with Gasteiger partial charge in [-0.25, -0.2) is 9.18 Å². The van der Waals surface area contributed by atoms with E-state index in [0.29, 0.717) is 50.3 Å². The number of ether oxygens (including phenoxy) is 1. The van der Waals surface area contributed by atoms with Crippen molar-refractivity contribution < 1.29 is 23.8 Å². The Kier molecular flexibility index (Phi) is 5.46. The molecule has 1 saturated carbocycles. The summed E-state index contributed by atoms with van der Waals surface area (Å²) in [5.41, 5.74) is -0.0164. The molecule has 0 bridgehead atoms. The molecule has 2 aromatic rings. The molecule has 2 aliphatic rings. The van der Waals surface area contributed by atoms with Crippen LogP contribution in [0.1, 0.15) is 35.7 Å². The smallest absolute Gasteiger partial charge is 0.341 e. The third-order valence-corrected chi connectivity index (χ3v) is 5.84. The summed E-state index contributed by atoms with van der Waals surface area (Å²) < 4.78 is 21.4. The largest absolute Gasteiger partial charge is 0.477 e. The number of benzene rings is 1. The number of carbonyl (C=O) groups is 2. The van der Waals surface area contributed by atoms with Crippen LogP contribution in [0.4, 0.5) is 10.1 Å². The fourth-order valence-electron chi connectivity index (χ4n) is 3.97. The van der Waals surface area contributed by atoms with E-state index in [9.17, 15) is 23.9 Å². The van der Waals surface area contributed by atoms with Crippen LogP contribution in [-0.4, -0.2) is 66.3 Å². The van der Waals surface area contributed by atoms with Gasteiger partial charge in [0.15, 0.2) is 0 Å². The summed E-state index contributed by atoms with van der Waals surface area (Å²) >= 11 is 0. The molecule has 9 heteroatoms. The fourth-order valence-corrected chi connectivity index (χ4v) is 3.97. The van der Waals surface area contributed by atoms with E-state index in [2.05, 4.69) is 9.64 Å². The maximum absolute atomic E-state index is 15.0. The lowest BCUT2D eigenvalue weighted by molar-refractivity contribution is -0.141. The second-order valence-corrected chi connectivity index (χ2v) is 7.79. The van der Waals surface area contributed by atoms with Gasteiger partial charge < -0.3 is 19.3 Å². The van der Waals surface area contributed by atoms with Gasteiger partial charge in [0, 0.05) is 50.3 Å². The van der Waals surface area contributed by atoms with Crippen LogP contribution in [-0.2, 0) is 9.53 Å². The second kappa shape index (κ2) is 8.06. The Morgan fingerprint density at radius 2 is 1.90 bits per heavy atom. The number of halogens is 1. The molecule has 30 heavy (non-hydrogen) atoms. The SMILES string of the molecule is COC(=O)CCN1CCN(c2cc3c(cc2F)c(=O)c(C(=O)O)cn3C2CC2)CC1. The van der Waals surface area contributed by atoms with Gasteiger partial charge in [0.1, 0.15) is 11.4 Å². The number of rotatable bonds is 6. The van der Waals surface area contributed by atoms with E-state index in [4.69, 9.17) is 0 Å². The van der Waals surface area contributed by atoms with Crippen molar-refractivity contribution >= 4 is 28.5 Å². The molecular weight excluding hydrogens is 393 g/mol. The van der Waals surface area contributed by atoms with E-state index in [0.717, 1.165) is 12.8 Å². The van der Waals surface area contributed by atoms with Gasteiger partial charge in [0.2, 0.25) is 5.43 Å². The van der Waals surface area contributed by atoms with Gasteiger partial charge >= 0.3 is 11.9 Å². The van der Waals surface area contributed by atoms with Crippen molar-refractivity contribution in [1.82, 2.24) is 9.47 Å². The number of carboxylic acid groups (broad SMARTS) is 1. The molecule has 0 amide bonds. The number of nitrogens with zero attached hydrogens (tertiary/aromatic N) is 3. The first-order valence-corrected chi connectivity index (χ1v) is 10.0. The lowest BCUT2D eigenvalue weighted by Crippen LogP contribution is -2.47. The number of esters is 1. The molecule has 0 spiro atoms. The zero-order valence-electron chi connectivity index (χ0n) is 16.8. The summed E-state index contributed by atoms with van der Waals surface area (Å²) in [6, 6.07) is 2.97. The number of aromatic carboxylic acids is 1. The van der Waals surface area contributed by atoms with E-state index < -0.39 is 17.2 Å². The first kappa shape index (κ1) is 20.3. The second-order valence-electron chi connectivity index (χ2n) is 7.79. The van der Waals surface area contributed by atoms with Gasteiger partial charge in [-0.3, -0.25) is 14.5 Å². The van der Waals surface area contributed by atoms with Gasteiger partial charge in [0.05, 0.1) is 24.7 Å². The maximum atomic E-state index is 15.0. The number of aromatic nitrogens is 1. The lowest BCUT2D eigenvalue weighted by atomic mass is 10.1. The zero-order chi connectivity index (χ0) is 21.4. The monoisotopic (exact) mass is 417 g/mol. The summed E-state index contributed by atoms with van der Waals surface area (Å²) in [6.07, 6.45) is 3.52. The van der Waals surface area contributed by atoms with Crippen molar-refractivity contribution in [3.63, 3.8) is 0 Å². The predicted octanol–water partition coefficient (Wildman–Crippen LogP) is 1.86. The Balaban J connectivity index is 1.62. The van der Waals surface area contributed by atoms with E-state index in [-0.39, 0.29) is 23.0 Å². The van der Waals surface area contributed by atoms with Crippen LogP contribution in [0, 0.1) is 5.82 Å². The number of methoxy groups -OCH3 is 1. The number of hydrogen-bond donors (Lipinski definition) is 1. The van der Waals surface area contributed by atoms with Crippen LogP contribution in [0.5, 0.6) is 0 Å². The topological polar surface area (TPSA) is 92.1 Å². The fraction of sp³-hybridized carbons (Fsp3) is 0.476. The van der Waals surface area contributed by atoms with E-state index in [1.165, 1.54) is 19.4 Å². The average Bonchev–Trinajstić information content (AvgIpc) is 3.57. The summed E-state index contributed by atoms with van der Waals surface area (Å²) in [7, 11) is 1.36. The summed E-state index contributed by atoms with van der Waals surface area (Å²) in [5, 5.41) is 9.45. The number of hydrogen-bond acceptors (Lipinski definition) is 6. The number of piperazine rings is 1. The van der Waals surface area contributed by atoms with Crippen molar-refractivity contribution in [2.24, 2.45) is 0 Å². The quantitative estimate of drug-likeness (QED) is 0.718. The standard InChI is InChI=1S/C21H24FN3O5/c1-30-19(26)4-5-23-6-8-24(9-7-23)18-11-17-14(10-16(18)22)20(27)15(21(28)29)12-25(17)13-2-3-13/h10-13H,2-9H2,1H3,(H,28,29). The van der Waals surface area contributed by atoms with E-state index in [1.54, 1.807) is 10.6 Å². The third-order valence-electron chi connectivity index (χ3n) is 5.84. The summed E-state index contributed by atoms with van der Waals surface area (Å²) in [4.78, 5) is 39.4. The minimum atomic E-state index is -1.30. The number of anilines is 1. The minimum absolute atomic E-state index is 0.0970. The van der Waals surface area contributed by atoms with E-state index in [1.807, 2.05) is 4.90 Å². The van der Waals surface area contributed by atoms with Crippen LogP contribution in [0.15, 0.2) is 23.1 Å². The molecule has 4 rings (SSSR count). The lowest BCUT2D eigenvalue weighted by Gasteiger charge is -2.36. The highest BCUT2D eigenvalue weighted by atomic mass is 19.1. The summed E-state index contributed by atoms with van der Waals surface area (Å²) in [5.74, 6) is -2.09. The molecule has 1 aliphatic heterocycles. The molecule has 2 fully saturated rings. The number of carboxylic acids is 1. The zero-order valence-corrected chi connectivity index (χ0v) is 16.8. The number of carbonyl (C=O) groups excluding carboxylic acids is 1. The highest BCUT2D eigenvalue weighted by molar-refractivity contribution is 5.93. The molecule has 1 aliphatic carbocycles. The Morgan fingerprint density at radius 3 is 2.50 bits per heavy atom. The Bertz CT molecular complexity index is 1050. The molecule has 1 N–H and O–H groups in total. The van der Waals surface area contributed by atoms with Gasteiger partial charge in [-0.15, -0.1) is 0 Å². The van der Waals surface area contributed by atoms with Gasteiger partial charge in [0.25, 0.3) is 0 Å². The highest BCUT2D eigenvalue weighted by Crippen LogP contribution is 2.38. The maximum Gasteiger partial charge on any atom is 0.341 e. The average molecular weight is 417 g/mol. The van der Waals surface area contributed by atoms with Crippen molar-refractivity contribution in [2.75, 3.05) is 44.7 Å². The van der Waals surface area contributed by atoms with Crippen LogP contribution < -0.4 is 10.3 Å². The van der Waals surface area contributed by atoms with Crippen LogP contribution in [0.2, 0.25) is 0 Å². The van der Waals surface area contributed by atoms with Gasteiger partial charge in [-0.2, -0.15) is 0 Å². The molecule has 2 heterocycles. The molecule has 160 valence electrons. The van der Waals surface area contributed by atoms with Crippen LogP contribution in [0.25, 0.3) is 10.9 Å². The highest BCUT2D eigenvalue weighted by Gasteiger charge is 2.28. The van der Waals surface area contributed by atoms with Crippen molar-refractivity contribution in [1.29, 1.82) is 0 Å². The molecule has 8 nitrogen and oxygen atoms in total. The molecule has 0 atom stereocenters. The normalized spacial score (nSPS) is 17.3. The molecule has 1 aromatic heterocycles. The molecule has 0 radical (unpaired) electrons.